The molecule has 0 spiro atoms. The van der Waals surface area contributed by atoms with E-state index in [9.17, 15) is 0 Å². The van der Waals surface area contributed by atoms with Crippen LogP contribution in [-0.2, 0) is 0 Å². The third kappa shape index (κ3) is 2.86. The highest BCUT2D eigenvalue weighted by atomic mass is 79.9. The zero-order valence-electron chi connectivity index (χ0n) is 9.77. The maximum absolute atomic E-state index is 5.67. The zero-order valence-corrected chi connectivity index (χ0v) is 12.2. The molecule has 0 saturated heterocycles. The van der Waals surface area contributed by atoms with Crippen LogP contribution < -0.4 is 11.1 Å². The van der Waals surface area contributed by atoms with Crippen molar-refractivity contribution in [2.75, 3.05) is 5.32 Å². The van der Waals surface area contributed by atoms with Crippen molar-refractivity contribution in [3.63, 3.8) is 0 Å². The summed E-state index contributed by atoms with van der Waals surface area (Å²) in [5.74, 6) is 0.662. The summed E-state index contributed by atoms with van der Waals surface area (Å²) < 4.78 is 0.974. The molecule has 0 aliphatic heterocycles. The van der Waals surface area contributed by atoms with E-state index in [0.717, 1.165) is 15.7 Å². The summed E-state index contributed by atoms with van der Waals surface area (Å²) in [6, 6.07) is 9.70. The molecule has 0 unspecified atom stereocenters. The van der Waals surface area contributed by atoms with Crippen molar-refractivity contribution < 1.29 is 0 Å². The molecule has 0 aliphatic carbocycles. The zero-order chi connectivity index (χ0) is 13.1. The summed E-state index contributed by atoms with van der Waals surface area (Å²) >= 11 is 8.52. The van der Waals surface area contributed by atoms with E-state index in [1.54, 1.807) is 6.20 Å². The van der Waals surface area contributed by atoms with Gasteiger partial charge in [0.15, 0.2) is 0 Å². The number of nitrogens with two attached hydrogens (primary N) is 1. The lowest BCUT2D eigenvalue weighted by atomic mass is 10.2. The van der Waals surface area contributed by atoms with E-state index in [-0.39, 0.29) is 0 Å². The second-order valence-electron chi connectivity index (χ2n) is 3.87. The third-order valence-electron chi connectivity index (χ3n) is 2.45. The largest absolute Gasteiger partial charge is 0.389 e. The van der Waals surface area contributed by atoms with Gasteiger partial charge >= 0.3 is 0 Å². The number of pyridine rings is 1. The van der Waals surface area contributed by atoms with Gasteiger partial charge < -0.3 is 11.1 Å². The lowest BCUT2D eigenvalue weighted by Crippen LogP contribution is -2.12. The van der Waals surface area contributed by atoms with E-state index in [2.05, 4.69) is 26.2 Å². The first-order valence-corrected chi connectivity index (χ1v) is 6.56. The molecular weight excluding hydrogens is 310 g/mol. The molecule has 3 N–H and O–H groups in total. The fraction of sp³-hybridized carbons (Fsp3) is 0.0769. The second kappa shape index (κ2) is 5.46. The third-order valence-corrected chi connectivity index (χ3v) is 3.33. The average molecular weight is 322 g/mol. The Kier molecular flexibility index (Phi) is 3.93. The molecule has 0 saturated carbocycles. The molecule has 1 aromatic carbocycles. The second-order valence-corrected chi connectivity index (χ2v) is 5.17. The molecule has 2 rings (SSSR count). The lowest BCUT2D eigenvalue weighted by molar-refractivity contribution is 1.29. The van der Waals surface area contributed by atoms with Gasteiger partial charge in [-0.3, -0.25) is 0 Å². The van der Waals surface area contributed by atoms with E-state index in [1.165, 1.54) is 5.56 Å². The first-order valence-electron chi connectivity index (χ1n) is 5.36. The minimum absolute atomic E-state index is 0.328. The summed E-state index contributed by atoms with van der Waals surface area (Å²) in [4.78, 5) is 4.59. The van der Waals surface area contributed by atoms with Crippen molar-refractivity contribution in [1.29, 1.82) is 0 Å². The minimum Gasteiger partial charge on any atom is -0.389 e. The Morgan fingerprint density at radius 3 is 2.83 bits per heavy atom. The number of aromatic nitrogens is 1. The van der Waals surface area contributed by atoms with E-state index < -0.39 is 0 Å². The molecular formula is C13H12BrN3S. The number of nitrogens with one attached hydrogen (secondary N) is 1. The number of nitrogens with zero attached hydrogens (tertiary/aromatic N) is 1. The van der Waals surface area contributed by atoms with Gasteiger partial charge in [0.05, 0.1) is 11.3 Å². The van der Waals surface area contributed by atoms with Crippen molar-refractivity contribution in [1.82, 2.24) is 4.98 Å². The number of thiocarbonyl (C=S) groups is 1. The van der Waals surface area contributed by atoms with Crippen LogP contribution in [0.4, 0.5) is 11.5 Å². The molecule has 0 aliphatic rings. The first kappa shape index (κ1) is 13.0. The van der Waals surface area contributed by atoms with Gasteiger partial charge in [-0.15, -0.1) is 0 Å². The van der Waals surface area contributed by atoms with Gasteiger partial charge in [-0.05, 0) is 52.7 Å². The smallest absolute Gasteiger partial charge is 0.140 e. The highest BCUT2D eigenvalue weighted by molar-refractivity contribution is 9.10. The number of halogens is 1. The molecule has 1 heterocycles. The molecule has 3 nitrogen and oxygen atoms in total. The normalized spacial score (nSPS) is 10.1. The van der Waals surface area contributed by atoms with Gasteiger partial charge in [0.1, 0.15) is 10.8 Å². The standard InChI is InChI=1S/C13H12BrN3S/c1-8-4-5-11(10(14)7-8)17-13-9(12(15)18)3-2-6-16-13/h2-7H,1H3,(H2,15,18)(H,16,17). The van der Waals surface area contributed by atoms with Gasteiger partial charge in [0.25, 0.3) is 0 Å². The number of hydrogen-bond donors (Lipinski definition) is 2. The Labute approximate surface area is 120 Å². The quantitative estimate of drug-likeness (QED) is 0.849. The predicted molar refractivity (Wildman–Crippen MR) is 82.3 cm³/mol. The number of aryl methyl sites for hydroxylation is 1. The molecule has 2 aromatic rings. The Balaban J connectivity index is 2.37. The lowest BCUT2D eigenvalue weighted by Gasteiger charge is -2.11. The van der Waals surface area contributed by atoms with Gasteiger partial charge in [0.2, 0.25) is 0 Å². The maximum atomic E-state index is 5.67. The highest BCUT2D eigenvalue weighted by Gasteiger charge is 2.07. The molecule has 0 fully saturated rings. The van der Waals surface area contributed by atoms with Crippen molar-refractivity contribution in [3.05, 3.63) is 52.1 Å². The van der Waals surface area contributed by atoms with Crippen LogP contribution in [0.5, 0.6) is 0 Å². The van der Waals surface area contributed by atoms with Crippen molar-refractivity contribution in [3.8, 4) is 0 Å². The van der Waals surface area contributed by atoms with Crippen LogP contribution in [0.25, 0.3) is 0 Å². The van der Waals surface area contributed by atoms with E-state index >= 15 is 0 Å². The van der Waals surface area contributed by atoms with Crippen LogP contribution in [0.1, 0.15) is 11.1 Å². The van der Waals surface area contributed by atoms with Crippen molar-refractivity contribution >= 4 is 44.6 Å². The van der Waals surface area contributed by atoms with E-state index in [0.29, 0.717) is 10.8 Å². The predicted octanol–water partition coefficient (Wildman–Crippen LogP) is 3.53. The summed E-state index contributed by atoms with van der Waals surface area (Å²) in [5, 5.41) is 3.22. The van der Waals surface area contributed by atoms with Gasteiger partial charge in [-0.1, -0.05) is 18.3 Å². The molecule has 5 heteroatoms. The molecule has 0 amide bonds. The topological polar surface area (TPSA) is 50.9 Å². The van der Waals surface area contributed by atoms with E-state index in [4.69, 9.17) is 18.0 Å². The molecule has 92 valence electrons. The highest BCUT2D eigenvalue weighted by Crippen LogP contribution is 2.27. The SMILES string of the molecule is Cc1ccc(Nc2ncccc2C(N)=S)c(Br)c1. The molecule has 18 heavy (non-hydrogen) atoms. The minimum atomic E-state index is 0.328. The average Bonchev–Trinajstić information content (AvgIpc) is 2.33. The summed E-state index contributed by atoms with van der Waals surface area (Å²) in [6.07, 6.45) is 1.70. The summed E-state index contributed by atoms with van der Waals surface area (Å²) in [7, 11) is 0. The monoisotopic (exact) mass is 321 g/mol. The number of anilines is 2. The number of benzene rings is 1. The number of hydrogen-bond acceptors (Lipinski definition) is 3. The first-order chi connectivity index (χ1) is 8.58. The summed E-state index contributed by atoms with van der Waals surface area (Å²) in [6.45, 7) is 2.04. The van der Waals surface area contributed by atoms with E-state index in [1.807, 2.05) is 37.3 Å². The van der Waals surface area contributed by atoms with Gasteiger partial charge in [-0.25, -0.2) is 4.98 Å². The molecule has 1 aromatic heterocycles. The molecule has 0 radical (unpaired) electrons. The molecule has 0 bridgehead atoms. The van der Waals surface area contributed by atoms with Crippen molar-refractivity contribution in [2.45, 2.75) is 6.92 Å². The van der Waals surface area contributed by atoms with Gasteiger partial charge in [-0.2, -0.15) is 0 Å². The summed E-state index contributed by atoms with van der Waals surface area (Å²) in [5.41, 5.74) is 8.52. The van der Waals surface area contributed by atoms with Crippen molar-refractivity contribution in [2.24, 2.45) is 5.73 Å². The Morgan fingerprint density at radius 1 is 1.39 bits per heavy atom. The van der Waals surface area contributed by atoms with Crippen LogP contribution in [-0.4, -0.2) is 9.97 Å². The Hall–Kier alpha value is -1.46. The number of rotatable bonds is 3. The maximum Gasteiger partial charge on any atom is 0.140 e. The Morgan fingerprint density at radius 2 is 2.17 bits per heavy atom. The fourth-order valence-electron chi connectivity index (χ4n) is 1.55. The Bertz CT molecular complexity index is 599. The fourth-order valence-corrected chi connectivity index (χ4v) is 2.31. The van der Waals surface area contributed by atoms with Crippen LogP contribution in [0.2, 0.25) is 0 Å². The van der Waals surface area contributed by atoms with Crippen LogP contribution >= 0.6 is 28.1 Å². The van der Waals surface area contributed by atoms with Crippen LogP contribution in [0, 0.1) is 6.92 Å². The van der Waals surface area contributed by atoms with Crippen LogP contribution in [0.15, 0.2) is 41.0 Å². The van der Waals surface area contributed by atoms with Gasteiger partial charge in [0, 0.05) is 10.7 Å². The van der Waals surface area contributed by atoms with Crippen LogP contribution in [0.3, 0.4) is 0 Å². The molecule has 0 atom stereocenters.